The van der Waals surface area contributed by atoms with Crippen LogP contribution in [-0.2, 0) is 21.4 Å². The third kappa shape index (κ3) is 5.77. The van der Waals surface area contributed by atoms with Crippen molar-refractivity contribution in [1.82, 2.24) is 15.0 Å². The molecular weight excluding hydrogens is 442 g/mol. The van der Waals surface area contributed by atoms with Gasteiger partial charge in [-0.1, -0.05) is 41.6 Å². The van der Waals surface area contributed by atoms with Crippen molar-refractivity contribution in [3.05, 3.63) is 60.5 Å². The molecule has 0 saturated carbocycles. The number of carbonyl (C=O) groups is 1. The average molecular weight is 470 g/mol. The Labute approximate surface area is 193 Å². The fourth-order valence-corrected chi connectivity index (χ4v) is 4.28. The lowest BCUT2D eigenvalue weighted by molar-refractivity contribution is -0.121. The summed E-state index contributed by atoms with van der Waals surface area (Å²) in [7, 11) is -1.89. The van der Waals surface area contributed by atoms with E-state index >= 15 is 0 Å². The molecule has 1 N–H and O–H groups in total. The Morgan fingerprint density at radius 2 is 1.88 bits per heavy atom. The van der Waals surface area contributed by atoms with Crippen LogP contribution >= 0.6 is 0 Å². The van der Waals surface area contributed by atoms with Crippen molar-refractivity contribution in [2.24, 2.45) is 5.92 Å². The summed E-state index contributed by atoms with van der Waals surface area (Å²) in [6.07, 6.45) is 2.58. The highest BCUT2D eigenvalue weighted by Crippen LogP contribution is 2.24. The van der Waals surface area contributed by atoms with Gasteiger partial charge in [0, 0.05) is 24.2 Å². The lowest BCUT2D eigenvalue weighted by Crippen LogP contribution is -2.37. The second-order valence-corrected chi connectivity index (χ2v) is 10.2. The van der Waals surface area contributed by atoms with Crippen LogP contribution in [0.5, 0.6) is 0 Å². The summed E-state index contributed by atoms with van der Waals surface area (Å²) in [6, 6.07) is 16.5. The number of anilines is 2. The maximum absolute atomic E-state index is 12.8. The molecule has 0 bridgehead atoms. The molecule has 0 unspecified atom stereocenters. The minimum atomic E-state index is -3.37. The van der Waals surface area contributed by atoms with Gasteiger partial charge in [0.05, 0.1) is 18.5 Å². The first-order chi connectivity index (χ1) is 15.8. The molecule has 1 saturated heterocycles. The first-order valence-electron chi connectivity index (χ1n) is 10.7. The third-order valence-electron chi connectivity index (χ3n) is 5.79. The summed E-state index contributed by atoms with van der Waals surface area (Å²) in [5, 5.41) is 6.98. The minimum absolute atomic E-state index is 0.0574. The van der Waals surface area contributed by atoms with Crippen molar-refractivity contribution in [2.75, 3.05) is 36.0 Å². The number of benzene rings is 2. The zero-order valence-corrected chi connectivity index (χ0v) is 19.5. The Balaban J connectivity index is 1.30. The smallest absolute Gasteiger partial charge is 0.241 e. The molecule has 0 atom stereocenters. The topological polar surface area (TPSA) is 109 Å². The molecule has 0 aliphatic carbocycles. The van der Waals surface area contributed by atoms with E-state index in [2.05, 4.69) is 20.4 Å². The average Bonchev–Trinajstić information content (AvgIpc) is 3.27. The summed E-state index contributed by atoms with van der Waals surface area (Å²) in [4.78, 5) is 19.4. The van der Waals surface area contributed by atoms with Crippen molar-refractivity contribution < 1.29 is 17.7 Å². The summed E-state index contributed by atoms with van der Waals surface area (Å²) in [6.45, 7) is 2.05. The van der Waals surface area contributed by atoms with Crippen LogP contribution in [0.4, 0.5) is 11.4 Å². The second-order valence-electron chi connectivity index (χ2n) is 8.20. The van der Waals surface area contributed by atoms with Gasteiger partial charge in [0.15, 0.2) is 0 Å². The van der Waals surface area contributed by atoms with E-state index in [1.54, 1.807) is 24.3 Å². The molecule has 3 aromatic rings. The molecular formula is C23H27N5O4S. The van der Waals surface area contributed by atoms with Crippen molar-refractivity contribution in [1.29, 1.82) is 0 Å². The van der Waals surface area contributed by atoms with E-state index in [1.807, 2.05) is 30.3 Å². The zero-order chi connectivity index (χ0) is 23.4. The highest BCUT2D eigenvalue weighted by Gasteiger charge is 2.26. The molecule has 1 amide bonds. The van der Waals surface area contributed by atoms with E-state index in [4.69, 9.17) is 4.52 Å². The van der Waals surface area contributed by atoms with Crippen LogP contribution in [-0.4, -0.2) is 55.8 Å². The highest BCUT2D eigenvalue weighted by molar-refractivity contribution is 7.92. The summed E-state index contributed by atoms with van der Waals surface area (Å²) < 4.78 is 30.1. The van der Waals surface area contributed by atoms with E-state index in [0.29, 0.717) is 42.5 Å². The zero-order valence-electron chi connectivity index (χ0n) is 18.6. The molecule has 0 spiro atoms. The lowest BCUT2D eigenvalue weighted by atomic mass is 9.96. The number of hydrogen-bond donors (Lipinski definition) is 1. The minimum Gasteiger partial charge on any atom is -0.338 e. The monoisotopic (exact) mass is 469 g/mol. The third-order valence-corrected chi connectivity index (χ3v) is 7.00. The Morgan fingerprint density at radius 3 is 2.58 bits per heavy atom. The first-order valence-corrected chi connectivity index (χ1v) is 12.6. The van der Waals surface area contributed by atoms with Crippen LogP contribution in [0.2, 0.25) is 0 Å². The molecule has 174 valence electrons. The Bertz CT molecular complexity index is 1200. The van der Waals surface area contributed by atoms with E-state index in [9.17, 15) is 13.2 Å². The number of nitrogens with one attached hydrogen (secondary N) is 1. The molecule has 10 heteroatoms. The van der Waals surface area contributed by atoms with Crippen LogP contribution in [0.1, 0.15) is 18.7 Å². The van der Waals surface area contributed by atoms with Gasteiger partial charge in [-0.2, -0.15) is 4.98 Å². The van der Waals surface area contributed by atoms with Crippen molar-refractivity contribution in [3.8, 4) is 11.4 Å². The number of carbonyl (C=O) groups excluding carboxylic acids is 1. The maximum Gasteiger partial charge on any atom is 0.241 e. The predicted molar refractivity (Wildman–Crippen MR) is 126 cm³/mol. The van der Waals surface area contributed by atoms with Crippen molar-refractivity contribution in [3.63, 3.8) is 0 Å². The molecule has 1 aromatic heterocycles. The van der Waals surface area contributed by atoms with Gasteiger partial charge in [-0.3, -0.25) is 14.0 Å². The van der Waals surface area contributed by atoms with Gasteiger partial charge in [0.1, 0.15) is 0 Å². The van der Waals surface area contributed by atoms with Crippen LogP contribution in [0, 0.1) is 5.92 Å². The van der Waals surface area contributed by atoms with Gasteiger partial charge in [-0.25, -0.2) is 8.42 Å². The number of piperidine rings is 1. The summed E-state index contributed by atoms with van der Waals surface area (Å²) >= 11 is 0. The molecule has 2 heterocycles. The molecule has 1 aliphatic heterocycles. The number of sulfonamides is 1. The normalized spacial score (nSPS) is 15.3. The summed E-state index contributed by atoms with van der Waals surface area (Å²) in [5.74, 6) is 0.963. The standard InChI is InChI=1S/C23H27N5O4S/c1-27(33(2,30)31)20-10-6-9-19(15-20)24-23(29)18-11-13-28(14-12-18)16-21-25-22(26-32-21)17-7-4-3-5-8-17/h3-10,15,18H,11-14,16H2,1-2H3,(H,24,29). The van der Waals surface area contributed by atoms with Crippen LogP contribution in [0.15, 0.2) is 59.1 Å². The van der Waals surface area contributed by atoms with E-state index < -0.39 is 10.0 Å². The molecule has 4 rings (SSSR count). The first kappa shape index (κ1) is 22.9. The van der Waals surface area contributed by atoms with Gasteiger partial charge >= 0.3 is 0 Å². The predicted octanol–water partition coefficient (Wildman–Crippen LogP) is 2.98. The van der Waals surface area contributed by atoms with Crippen molar-refractivity contribution in [2.45, 2.75) is 19.4 Å². The van der Waals surface area contributed by atoms with Crippen LogP contribution < -0.4 is 9.62 Å². The number of likely N-dealkylation sites (tertiary alicyclic amines) is 1. The largest absolute Gasteiger partial charge is 0.338 e. The number of nitrogens with zero attached hydrogens (tertiary/aromatic N) is 4. The molecule has 0 radical (unpaired) electrons. The van der Waals surface area contributed by atoms with Gasteiger partial charge in [0.2, 0.25) is 27.6 Å². The van der Waals surface area contributed by atoms with Crippen LogP contribution in [0.25, 0.3) is 11.4 Å². The maximum atomic E-state index is 12.8. The fraction of sp³-hybridized carbons (Fsp3) is 0.348. The van der Waals surface area contributed by atoms with Crippen molar-refractivity contribution >= 4 is 27.3 Å². The fourth-order valence-electron chi connectivity index (χ4n) is 3.78. The lowest BCUT2D eigenvalue weighted by Gasteiger charge is -2.30. The van der Waals surface area contributed by atoms with E-state index in [0.717, 1.165) is 24.9 Å². The Kier molecular flexibility index (Phi) is 6.75. The van der Waals surface area contributed by atoms with E-state index in [-0.39, 0.29) is 11.8 Å². The molecule has 33 heavy (non-hydrogen) atoms. The van der Waals surface area contributed by atoms with Gasteiger partial charge in [0.25, 0.3) is 0 Å². The number of amides is 1. The van der Waals surface area contributed by atoms with E-state index in [1.165, 1.54) is 11.4 Å². The number of aromatic nitrogens is 2. The second kappa shape index (κ2) is 9.72. The molecule has 1 aliphatic rings. The molecule has 2 aromatic carbocycles. The SMILES string of the molecule is CN(c1cccc(NC(=O)C2CCN(Cc3nc(-c4ccccc4)no3)CC2)c1)S(C)(=O)=O. The number of hydrogen-bond acceptors (Lipinski definition) is 7. The summed E-state index contributed by atoms with van der Waals surface area (Å²) in [5.41, 5.74) is 1.99. The Morgan fingerprint density at radius 1 is 1.15 bits per heavy atom. The quantitative estimate of drug-likeness (QED) is 0.567. The Hall–Kier alpha value is -3.24. The van der Waals surface area contributed by atoms with Gasteiger partial charge < -0.3 is 9.84 Å². The van der Waals surface area contributed by atoms with Crippen LogP contribution in [0.3, 0.4) is 0 Å². The molecule has 1 fully saturated rings. The van der Waals surface area contributed by atoms with Gasteiger partial charge in [-0.15, -0.1) is 0 Å². The number of rotatable bonds is 7. The van der Waals surface area contributed by atoms with Gasteiger partial charge in [-0.05, 0) is 44.1 Å². The highest BCUT2D eigenvalue weighted by atomic mass is 32.2. The molecule has 9 nitrogen and oxygen atoms in total.